The van der Waals surface area contributed by atoms with Crippen molar-refractivity contribution >= 4 is 0 Å². The Kier molecular flexibility index (Phi) is 3.87. The SMILES string of the molecule is C(#Cc1ccc(C#Cc2ccccc2)o1)c1ccccc1. The minimum atomic E-state index is 0.621. The summed E-state index contributed by atoms with van der Waals surface area (Å²) < 4.78 is 5.58. The van der Waals surface area contributed by atoms with Gasteiger partial charge in [-0.1, -0.05) is 48.2 Å². The van der Waals surface area contributed by atoms with Gasteiger partial charge in [0.15, 0.2) is 11.5 Å². The van der Waals surface area contributed by atoms with Crippen LogP contribution >= 0.6 is 0 Å². The molecule has 0 saturated carbocycles. The highest BCUT2D eigenvalue weighted by Gasteiger charge is 1.95. The molecule has 3 aromatic rings. The zero-order valence-electron chi connectivity index (χ0n) is 11.3. The van der Waals surface area contributed by atoms with Gasteiger partial charge in [-0.25, -0.2) is 0 Å². The average molecular weight is 268 g/mol. The van der Waals surface area contributed by atoms with Gasteiger partial charge in [0.1, 0.15) is 0 Å². The largest absolute Gasteiger partial charge is 0.439 e. The molecule has 0 aliphatic heterocycles. The van der Waals surface area contributed by atoms with Gasteiger partial charge in [-0.3, -0.25) is 0 Å². The number of benzene rings is 2. The molecular weight excluding hydrogens is 256 g/mol. The maximum absolute atomic E-state index is 5.58. The summed E-state index contributed by atoms with van der Waals surface area (Å²) in [5.74, 6) is 13.3. The molecule has 0 spiro atoms. The smallest absolute Gasteiger partial charge is 0.178 e. The average Bonchev–Trinajstić information content (AvgIpc) is 3.01. The topological polar surface area (TPSA) is 13.1 Å². The first-order chi connectivity index (χ1) is 10.4. The van der Waals surface area contributed by atoms with Gasteiger partial charge in [0.05, 0.1) is 0 Å². The minimum Gasteiger partial charge on any atom is -0.439 e. The summed E-state index contributed by atoms with van der Waals surface area (Å²) >= 11 is 0. The molecule has 0 aliphatic carbocycles. The quantitative estimate of drug-likeness (QED) is 0.560. The number of hydrogen-bond donors (Lipinski definition) is 0. The van der Waals surface area contributed by atoms with E-state index in [0.29, 0.717) is 11.5 Å². The Morgan fingerprint density at radius 2 is 0.905 bits per heavy atom. The number of furan rings is 1. The van der Waals surface area contributed by atoms with Crippen LogP contribution in [0.25, 0.3) is 0 Å². The molecule has 0 saturated heterocycles. The van der Waals surface area contributed by atoms with Gasteiger partial charge in [-0.15, -0.1) is 0 Å². The van der Waals surface area contributed by atoms with Crippen LogP contribution in [0, 0.1) is 23.7 Å². The van der Waals surface area contributed by atoms with Gasteiger partial charge < -0.3 is 4.42 Å². The number of hydrogen-bond acceptors (Lipinski definition) is 1. The molecular formula is C20H12O. The van der Waals surface area contributed by atoms with Crippen LogP contribution in [-0.4, -0.2) is 0 Å². The Hall–Kier alpha value is -3.16. The molecule has 2 aromatic carbocycles. The molecule has 3 rings (SSSR count). The first kappa shape index (κ1) is 12.9. The van der Waals surface area contributed by atoms with Crippen LogP contribution in [0.4, 0.5) is 0 Å². The molecule has 0 unspecified atom stereocenters. The van der Waals surface area contributed by atoms with Crippen LogP contribution in [0.1, 0.15) is 22.6 Å². The second kappa shape index (κ2) is 6.33. The lowest BCUT2D eigenvalue weighted by atomic mass is 10.2. The van der Waals surface area contributed by atoms with E-state index in [1.54, 1.807) is 0 Å². The molecule has 0 atom stereocenters. The van der Waals surface area contributed by atoms with E-state index in [2.05, 4.69) is 23.7 Å². The fourth-order valence-corrected chi connectivity index (χ4v) is 1.78. The fraction of sp³-hybridized carbons (Fsp3) is 0. The predicted octanol–water partition coefficient (Wildman–Crippen LogP) is 4.08. The van der Waals surface area contributed by atoms with Crippen molar-refractivity contribution in [3.8, 4) is 23.7 Å². The van der Waals surface area contributed by atoms with Crippen molar-refractivity contribution in [1.29, 1.82) is 0 Å². The molecule has 0 bridgehead atoms. The monoisotopic (exact) mass is 268 g/mol. The Balaban J connectivity index is 1.76. The summed E-state index contributed by atoms with van der Waals surface area (Å²) in [6, 6.07) is 23.3. The lowest BCUT2D eigenvalue weighted by Crippen LogP contribution is -1.72. The van der Waals surface area contributed by atoms with Crippen molar-refractivity contribution in [2.75, 3.05) is 0 Å². The van der Waals surface area contributed by atoms with Crippen molar-refractivity contribution in [2.45, 2.75) is 0 Å². The highest BCUT2D eigenvalue weighted by molar-refractivity contribution is 5.42. The van der Waals surface area contributed by atoms with Crippen molar-refractivity contribution in [3.05, 3.63) is 95.4 Å². The van der Waals surface area contributed by atoms with Crippen LogP contribution in [-0.2, 0) is 0 Å². The zero-order chi connectivity index (χ0) is 14.3. The van der Waals surface area contributed by atoms with E-state index in [-0.39, 0.29) is 0 Å². The van der Waals surface area contributed by atoms with Crippen LogP contribution in [0.2, 0.25) is 0 Å². The summed E-state index contributed by atoms with van der Waals surface area (Å²) in [5, 5.41) is 0. The van der Waals surface area contributed by atoms with Gasteiger partial charge in [-0.2, -0.15) is 0 Å². The standard InChI is InChI=1S/C20H12O/c1-3-7-17(8-4-1)11-13-19-15-16-20(21-19)14-12-18-9-5-2-6-10-18/h1-10,15-16H. The maximum atomic E-state index is 5.58. The third-order valence-electron chi connectivity index (χ3n) is 2.81. The van der Waals surface area contributed by atoms with Crippen molar-refractivity contribution in [3.63, 3.8) is 0 Å². The van der Waals surface area contributed by atoms with E-state index in [4.69, 9.17) is 4.42 Å². The van der Waals surface area contributed by atoms with Gasteiger partial charge in [-0.05, 0) is 48.2 Å². The Labute approximate surface area is 124 Å². The summed E-state index contributed by atoms with van der Waals surface area (Å²) in [4.78, 5) is 0. The second-order valence-corrected chi connectivity index (χ2v) is 4.40. The maximum Gasteiger partial charge on any atom is 0.178 e. The molecule has 0 N–H and O–H groups in total. The van der Waals surface area contributed by atoms with Crippen molar-refractivity contribution in [2.24, 2.45) is 0 Å². The van der Waals surface area contributed by atoms with E-state index in [0.717, 1.165) is 11.1 Å². The van der Waals surface area contributed by atoms with E-state index in [9.17, 15) is 0 Å². The Bertz CT molecular complexity index is 763. The van der Waals surface area contributed by atoms with E-state index < -0.39 is 0 Å². The van der Waals surface area contributed by atoms with Crippen LogP contribution in [0.3, 0.4) is 0 Å². The lowest BCUT2D eigenvalue weighted by molar-refractivity contribution is 0.542. The molecule has 0 fully saturated rings. The van der Waals surface area contributed by atoms with E-state index in [1.165, 1.54) is 0 Å². The van der Waals surface area contributed by atoms with Gasteiger partial charge >= 0.3 is 0 Å². The molecule has 21 heavy (non-hydrogen) atoms. The summed E-state index contributed by atoms with van der Waals surface area (Å²) in [7, 11) is 0. The molecule has 1 heterocycles. The Morgan fingerprint density at radius 3 is 1.33 bits per heavy atom. The highest BCUT2D eigenvalue weighted by atomic mass is 16.3. The van der Waals surface area contributed by atoms with Gasteiger partial charge in [0.2, 0.25) is 0 Å². The Morgan fingerprint density at radius 1 is 0.476 bits per heavy atom. The van der Waals surface area contributed by atoms with Gasteiger partial charge in [0, 0.05) is 11.1 Å². The molecule has 0 amide bonds. The summed E-state index contributed by atoms with van der Waals surface area (Å²) in [6.07, 6.45) is 0. The van der Waals surface area contributed by atoms with Crippen molar-refractivity contribution in [1.82, 2.24) is 0 Å². The third kappa shape index (κ3) is 3.66. The predicted molar refractivity (Wildman–Crippen MR) is 83.6 cm³/mol. The van der Waals surface area contributed by atoms with Crippen LogP contribution < -0.4 is 0 Å². The van der Waals surface area contributed by atoms with E-state index >= 15 is 0 Å². The molecule has 98 valence electrons. The summed E-state index contributed by atoms with van der Waals surface area (Å²) in [5.41, 5.74) is 1.93. The highest BCUT2D eigenvalue weighted by Crippen LogP contribution is 2.06. The molecule has 0 aliphatic rings. The number of rotatable bonds is 0. The molecule has 1 aromatic heterocycles. The zero-order valence-corrected chi connectivity index (χ0v) is 11.3. The lowest BCUT2D eigenvalue weighted by Gasteiger charge is -1.86. The van der Waals surface area contributed by atoms with Crippen LogP contribution in [0.5, 0.6) is 0 Å². The third-order valence-corrected chi connectivity index (χ3v) is 2.81. The minimum absolute atomic E-state index is 0.621. The first-order valence-corrected chi connectivity index (χ1v) is 6.64. The van der Waals surface area contributed by atoms with Crippen LogP contribution in [0.15, 0.2) is 77.2 Å². The molecule has 0 radical (unpaired) electrons. The van der Waals surface area contributed by atoms with Gasteiger partial charge in [0.25, 0.3) is 0 Å². The fourth-order valence-electron chi connectivity index (χ4n) is 1.78. The second-order valence-electron chi connectivity index (χ2n) is 4.40. The van der Waals surface area contributed by atoms with Crippen molar-refractivity contribution < 1.29 is 4.42 Å². The molecule has 1 heteroatoms. The first-order valence-electron chi connectivity index (χ1n) is 6.64. The molecule has 1 nitrogen and oxygen atoms in total. The normalized spacial score (nSPS) is 9.14. The van der Waals surface area contributed by atoms with E-state index in [1.807, 2.05) is 72.8 Å². The summed E-state index contributed by atoms with van der Waals surface area (Å²) in [6.45, 7) is 0.